The number of hydrogen-bond acceptors (Lipinski definition) is 6. The van der Waals surface area contributed by atoms with Crippen molar-refractivity contribution in [2.24, 2.45) is 11.7 Å². The molecule has 2 fully saturated rings. The minimum atomic E-state index is -1.21. The number of carbonyl (C=O) groups is 2. The first-order chi connectivity index (χ1) is 18.6. The predicted octanol–water partition coefficient (Wildman–Crippen LogP) is 3.82. The van der Waals surface area contributed by atoms with Crippen LogP contribution in [0.15, 0.2) is 42.6 Å². The number of alkyl halides is 1. The van der Waals surface area contributed by atoms with Gasteiger partial charge in [0.25, 0.3) is 5.91 Å². The Morgan fingerprint density at radius 3 is 2.33 bits per heavy atom. The highest BCUT2D eigenvalue weighted by atomic mass is 19.1. The van der Waals surface area contributed by atoms with Crippen LogP contribution in [-0.2, 0) is 4.79 Å². The molecule has 1 aromatic heterocycles. The molecule has 39 heavy (non-hydrogen) atoms. The number of nitrogens with zero attached hydrogens (tertiary/aromatic N) is 3. The van der Waals surface area contributed by atoms with Crippen molar-refractivity contribution in [1.82, 2.24) is 14.8 Å². The van der Waals surface area contributed by atoms with Crippen LogP contribution >= 0.6 is 0 Å². The topological polar surface area (TPSA) is 109 Å². The number of primary amides is 1. The Kier molecular flexibility index (Phi) is 8.91. The van der Waals surface area contributed by atoms with E-state index in [9.17, 15) is 19.1 Å². The summed E-state index contributed by atoms with van der Waals surface area (Å²) in [5.74, 6) is 0.0192. The summed E-state index contributed by atoms with van der Waals surface area (Å²) in [5, 5.41) is 10.0. The second-order valence-electron chi connectivity index (χ2n) is 11.3. The summed E-state index contributed by atoms with van der Waals surface area (Å²) in [4.78, 5) is 33.1. The van der Waals surface area contributed by atoms with Crippen LogP contribution in [0.25, 0.3) is 11.1 Å². The van der Waals surface area contributed by atoms with Gasteiger partial charge in [-0.15, -0.1) is 0 Å². The van der Waals surface area contributed by atoms with E-state index >= 15 is 0 Å². The Labute approximate surface area is 230 Å². The maximum absolute atomic E-state index is 14.7. The van der Waals surface area contributed by atoms with Crippen molar-refractivity contribution in [3.8, 4) is 17.0 Å². The molecule has 2 atom stereocenters. The zero-order chi connectivity index (χ0) is 28.2. The second kappa shape index (κ2) is 12.0. The number of halogens is 1. The van der Waals surface area contributed by atoms with Gasteiger partial charge in [-0.25, -0.2) is 9.37 Å². The van der Waals surface area contributed by atoms with E-state index in [0.29, 0.717) is 43.4 Å². The standard InChI is InChI=1S/C30H41FN4O4/c1-4-30(31,5-2)20-34-14-12-21(13-15-34)19-39-26-11-10-24(17-33-26)22-6-8-23(9-7-22)27(37)35-18-25(36)16-29(35,3)28(32)38/h6-11,17,21,25,36H,4-5,12-16,18-20H2,1-3H3,(H2,32,38)/t25-,29+/m1/s1. The molecule has 212 valence electrons. The molecule has 8 nitrogen and oxygen atoms in total. The van der Waals surface area contributed by atoms with Gasteiger partial charge in [0.05, 0.1) is 12.7 Å². The molecule has 2 aliphatic rings. The number of nitrogens with two attached hydrogens (primary N) is 1. The first kappa shape index (κ1) is 29.0. The van der Waals surface area contributed by atoms with E-state index in [4.69, 9.17) is 10.5 Å². The van der Waals surface area contributed by atoms with E-state index in [0.717, 1.165) is 37.1 Å². The number of hydrogen-bond donors (Lipinski definition) is 2. The number of likely N-dealkylation sites (tertiary alicyclic amines) is 2. The van der Waals surface area contributed by atoms with Crippen molar-refractivity contribution in [1.29, 1.82) is 0 Å². The molecule has 4 rings (SSSR count). The smallest absolute Gasteiger partial charge is 0.254 e. The van der Waals surface area contributed by atoms with Crippen LogP contribution in [0.1, 0.15) is 63.2 Å². The van der Waals surface area contributed by atoms with Crippen LogP contribution in [-0.4, -0.2) is 81.8 Å². The van der Waals surface area contributed by atoms with Crippen molar-refractivity contribution in [3.63, 3.8) is 0 Å². The molecular formula is C30H41FN4O4. The summed E-state index contributed by atoms with van der Waals surface area (Å²) in [6.07, 6.45) is 4.17. The summed E-state index contributed by atoms with van der Waals surface area (Å²) in [5.41, 5.74) is 5.43. The Bertz CT molecular complexity index is 1130. The van der Waals surface area contributed by atoms with E-state index in [2.05, 4.69) is 9.88 Å². The number of piperidine rings is 1. The zero-order valence-electron chi connectivity index (χ0n) is 23.2. The monoisotopic (exact) mass is 540 g/mol. The fourth-order valence-corrected chi connectivity index (χ4v) is 5.57. The van der Waals surface area contributed by atoms with E-state index in [1.807, 2.05) is 38.1 Å². The molecule has 2 saturated heterocycles. The molecule has 3 N–H and O–H groups in total. The van der Waals surface area contributed by atoms with Crippen LogP contribution in [0.4, 0.5) is 4.39 Å². The van der Waals surface area contributed by atoms with Gasteiger partial charge in [0, 0.05) is 42.9 Å². The molecule has 1 aromatic carbocycles. The first-order valence-electron chi connectivity index (χ1n) is 14.0. The molecule has 3 heterocycles. The van der Waals surface area contributed by atoms with E-state index in [1.165, 1.54) is 4.90 Å². The maximum atomic E-state index is 14.7. The lowest BCUT2D eigenvalue weighted by atomic mass is 9.94. The van der Waals surface area contributed by atoms with Crippen molar-refractivity contribution in [3.05, 3.63) is 48.2 Å². The van der Waals surface area contributed by atoms with Crippen molar-refractivity contribution < 1.29 is 23.8 Å². The van der Waals surface area contributed by atoms with Crippen LogP contribution < -0.4 is 10.5 Å². The average molecular weight is 541 g/mol. The highest BCUT2D eigenvalue weighted by Crippen LogP contribution is 2.31. The van der Waals surface area contributed by atoms with Gasteiger partial charge in [-0.05, 0) is 75.4 Å². The third-order valence-electron chi connectivity index (χ3n) is 8.55. The lowest BCUT2D eigenvalue weighted by Crippen LogP contribution is -2.53. The van der Waals surface area contributed by atoms with Gasteiger partial charge in [-0.2, -0.15) is 0 Å². The zero-order valence-corrected chi connectivity index (χ0v) is 23.2. The number of aliphatic hydroxyl groups excluding tert-OH is 1. The normalized spacial score (nSPS) is 22.7. The number of pyridine rings is 1. The summed E-state index contributed by atoms with van der Waals surface area (Å²) in [7, 11) is 0. The highest BCUT2D eigenvalue weighted by molar-refractivity contribution is 5.99. The molecule has 2 amide bonds. The molecule has 2 aromatic rings. The minimum absolute atomic E-state index is 0.0700. The molecule has 0 bridgehead atoms. The van der Waals surface area contributed by atoms with Gasteiger partial charge in [0.15, 0.2) is 0 Å². The van der Waals surface area contributed by atoms with Gasteiger partial charge < -0.3 is 25.4 Å². The van der Waals surface area contributed by atoms with Crippen LogP contribution in [0, 0.1) is 5.92 Å². The molecule has 9 heteroatoms. The maximum Gasteiger partial charge on any atom is 0.254 e. The Morgan fingerprint density at radius 2 is 1.77 bits per heavy atom. The molecule has 0 radical (unpaired) electrons. The van der Waals surface area contributed by atoms with Gasteiger partial charge in [0.1, 0.15) is 11.2 Å². The molecule has 0 unspecified atom stereocenters. The van der Waals surface area contributed by atoms with Gasteiger partial charge in [0.2, 0.25) is 11.8 Å². The average Bonchev–Trinajstić information content (AvgIpc) is 3.27. The fraction of sp³-hybridized carbons (Fsp3) is 0.567. The van der Waals surface area contributed by atoms with Crippen molar-refractivity contribution >= 4 is 11.8 Å². The number of ether oxygens (including phenoxy) is 1. The number of benzene rings is 1. The van der Waals surface area contributed by atoms with Crippen LogP contribution in [0.5, 0.6) is 5.88 Å². The second-order valence-corrected chi connectivity index (χ2v) is 11.3. The first-order valence-corrected chi connectivity index (χ1v) is 14.0. The van der Waals surface area contributed by atoms with Gasteiger partial charge in [-0.1, -0.05) is 26.0 Å². The highest BCUT2D eigenvalue weighted by Gasteiger charge is 2.48. The van der Waals surface area contributed by atoms with Gasteiger partial charge >= 0.3 is 0 Å². The van der Waals surface area contributed by atoms with Gasteiger partial charge in [-0.3, -0.25) is 9.59 Å². The van der Waals surface area contributed by atoms with Crippen LogP contribution in [0.2, 0.25) is 0 Å². The molecule has 0 aliphatic carbocycles. The minimum Gasteiger partial charge on any atom is -0.477 e. The fourth-order valence-electron chi connectivity index (χ4n) is 5.57. The number of aromatic nitrogens is 1. The third kappa shape index (κ3) is 6.58. The summed E-state index contributed by atoms with van der Waals surface area (Å²) in [6.45, 7) is 8.39. The largest absolute Gasteiger partial charge is 0.477 e. The molecule has 0 saturated carbocycles. The number of carbonyl (C=O) groups excluding carboxylic acids is 2. The molecule has 0 spiro atoms. The lowest BCUT2D eigenvalue weighted by molar-refractivity contribution is -0.126. The Morgan fingerprint density at radius 1 is 1.13 bits per heavy atom. The number of β-amino-alcohol motifs (C(OH)–C–C–N with tert-alkyl or cyclic N) is 1. The quantitative estimate of drug-likeness (QED) is 0.474. The number of aliphatic hydroxyl groups is 1. The Balaban J connectivity index is 1.29. The lowest BCUT2D eigenvalue weighted by Gasteiger charge is -2.36. The van der Waals surface area contributed by atoms with E-state index in [1.54, 1.807) is 25.3 Å². The number of amides is 2. The predicted molar refractivity (Wildman–Crippen MR) is 148 cm³/mol. The summed E-state index contributed by atoms with van der Waals surface area (Å²) < 4.78 is 20.7. The SMILES string of the molecule is CCC(F)(CC)CN1CCC(COc2ccc(-c3ccc(C(=O)N4C[C@H](O)C[C@@]4(C)C(N)=O)cc3)cn2)CC1. The summed E-state index contributed by atoms with van der Waals surface area (Å²) in [6, 6.07) is 10.8. The summed E-state index contributed by atoms with van der Waals surface area (Å²) >= 11 is 0. The molecule has 2 aliphatic heterocycles. The van der Waals surface area contributed by atoms with Crippen LogP contribution in [0.3, 0.4) is 0 Å². The van der Waals surface area contributed by atoms with Crippen molar-refractivity contribution in [2.75, 3.05) is 32.8 Å². The van der Waals surface area contributed by atoms with Crippen molar-refractivity contribution in [2.45, 2.75) is 70.2 Å². The molecular weight excluding hydrogens is 499 g/mol. The third-order valence-corrected chi connectivity index (χ3v) is 8.55. The Hall–Kier alpha value is -3.04. The number of rotatable bonds is 10. The van der Waals surface area contributed by atoms with E-state index < -0.39 is 23.2 Å². The van der Waals surface area contributed by atoms with E-state index in [-0.39, 0.29) is 18.9 Å².